The number of rotatable bonds is 3. The van der Waals surface area contributed by atoms with Crippen LogP contribution in [0.4, 0.5) is 0 Å². The van der Waals surface area contributed by atoms with Crippen LogP contribution in [0.25, 0.3) is 4.96 Å². The number of nitrogens with zero attached hydrogens (tertiary/aromatic N) is 4. The van der Waals surface area contributed by atoms with Crippen LogP contribution < -0.4 is 0 Å². The van der Waals surface area contributed by atoms with Crippen molar-refractivity contribution >= 4 is 16.3 Å². The smallest absolute Gasteiger partial charge is 0.187 e. The van der Waals surface area contributed by atoms with Gasteiger partial charge in [-0.1, -0.05) is 35.6 Å². The maximum atomic E-state index is 4.67. The van der Waals surface area contributed by atoms with Gasteiger partial charge in [-0.25, -0.2) is 0 Å². The van der Waals surface area contributed by atoms with Crippen molar-refractivity contribution in [2.45, 2.75) is 32.1 Å². The van der Waals surface area contributed by atoms with E-state index in [4.69, 9.17) is 0 Å². The quantitative estimate of drug-likeness (QED) is 0.735. The third-order valence-corrected chi connectivity index (χ3v) is 4.67. The predicted molar refractivity (Wildman–Crippen MR) is 74.6 cm³/mol. The zero-order valence-electron chi connectivity index (χ0n) is 10.7. The number of benzene rings is 1. The summed E-state index contributed by atoms with van der Waals surface area (Å²) in [6.07, 6.45) is 3.34. The SMILES string of the molecule is Cc1ccccc1Cc1nnc2sc(C3CC3)nn12. The Hall–Kier alpha value is -1.75. The van der Waals surface area contributed by atoms with Crippen LogP contribution in [0, 0.1) is 6.92 Å². The molecule has 0 amide bonds. The third-order valence-electron chi connectivity index (χ3n) is 3.61. The van der Waals surface area contributed by atoms with Crippen molar-refractivity contribution in [1.29, 1.82) is 0 Å². The van der Waals surface area contributed by atoms with Gasteiger partial charge in [0.05, 0.1) is 0 Å². The molecule has 0 saturated heterocycles. The van der Waals surface area contributed by atoms with Crippen LogP contribution in [-0.2, 0) is 6.42 Å². The molecular weight excluding hydrogens is 256 g/mol. The molecule has 2 heterocycles. The summed E-state index contributed by atoms with van der Waals surface area (Å²) in [4.78, 5) is 0.922. The molecule has 0 bridgehead atoms. The Bertz CT molecular complexity index is 739. The van der Waals surface area contributed by atoms with E-state index in [0.717, 1.165) is 17.2 Å². The summed E-state index contributed by atoms with van der Waals surface area (Å²) in [5.74, 6) is 1.62. The largest absolute Gasteiger partial charge is 0.234 e. The van der Waals surface area contributed by atoms with Crippen molar-refractivity contribution in [3.8, 4) is 0 Å². The molecule has 5 heteroatoms. The Balaban J connectivity index is 1.72. The summed E-state index contributed by atoms with van der Waals surface area (Å²) in [6.45, 7) is 2.13. The van der Waals surface area contributed by atoms with Gasteiger partial charge >= 0.3 is 0 Å². The van der Waals surface area contributed by atoms with Crippen LogP contribution in [0.2, 0.25) is 0 Å². The molecule has 2 aromatic heterocycles. The minimum Gasteiger partial charge on any atom is -0.187 e. The van der Waals surface area contributed by atoms with Crippen molar-refractivity contribution in [2.24, 2.45) is 0 Å². The Labute approximate surface area is 115 Å². The first kappa shape index (κ1) is 11.1. The highest BCUT2D eigenvalue weighted by Gasteiger charge is 2.28. The van der Waals surface area contributed by atoms with Gasteiger partial charge in [-0.2, -0.15) is 9.61 Å². The summed E-state index contributed by atoms with van der Waals surface area (Å²) in [5, 5.41) is 14.4. The molecule has 0 atom stereocenters. The van der Waals surface area contributed by atoms with E-state index in [1.54, 1.807) is 11.3 Å². The average Bonchev–Trinajstić information content (AvgIpc) is 3.07. The number of hydrogen-bond acceptors (Lipinski definition) is 4. The molecule has 96 valence electrons. The van der Waals surface area contributed by atoms with Gasteiger partial charge in [-0.05, 0) is 30.9 Å². The van der Waals surface area contributed by atoms with Crippen LogP contribution in [0.1, 0.15) is 40.7 Å². The molecule has 0 aliphatic heterocycles. The van der Waals surface area contributed by atoms with E-state index in [1.807, 2.05) is 4.52 Å². The molecule has 3 aromatic rings. The van der Waals surface area contributed by atoms with Crippen molar-refractivity contribution in [3.63, 3.8) is 0 Å². The van der Waals surface area contributed by atoms with Gasteiger partial charge < -0.3 is 0 Å². The lowest BCUT2D eigenvalue weighted by Crippen LogP contribution is -1.99. The molecular formula is C14H14N4S. The van der Waals surface area contributed by atoms with E-state index in [2.05, 4.69) is 46.5 Å². The lowest BCUT2D eigenvalue weighted by atomic mass is 10.1. The molecule has 1 saturated carbocycles. The zero-order chi connectivity index (χ0) is 12.8. The van der Waals surface area contributed by atoms with Crippen molar-refractivity contribution in [3.05, 3.63) is 46.2 Å². The summed E-state index contributed by atoms with van der Waals surface area (Å²) in [6, 6.07) is 8.40. The van der Waals surface area contributed by atoms with Crippen LogP contribution in [-0.4, -0.2) is 19.8 Å². The first-order valence-electron chi connectivity index (χ1n) is 6.57. The fraction of sp³-hybridized carbons (Fsp3) is 0.357. The Morgan fingerprint density at radius 1 is 1.26 bits per heavy atom. The predicted octanol–water partition coefficient (Wildman–Crippen LogP) is 2.96. The first-order chi connectivity index (χ1) is 9.31. The topological polar surface area (TPSA) is 43.1 Å². The lowest BCUT2D eigenvalue weighted by molar-refractivity contribution is 0.822. The molecule has 1 fully saturated rings. The second-order valence-corrected chi connectivity index (χ2v) is 6.12. The number of aryl methyl sites for hydroxylation is 1. The van der Waals surface area contributed by atoms with Gasteiger partial charge in [0.25, 0.3) is 0 Å². The number of aromatic nitrogens is 4. The number of hydrogen-bond donors (Lipinski definition) is 0. The van der Waals surface area contributed by atoms with Crippen molar-refractivity contribution in [1.82, 2.24) is 19.8 Å². The maximum Gasteiger partial charge on any atom is 0.234 e. The fourth-order valence-electron chi connectivity index (χ4n) is 2.26. The molecule has 4 nitrogen and oxygen atoms in total. The highest BCUT2D eigenvalue weighted by atomic mass is 32.1. The molecule has 0 spiro atoms. The molecule has 0 unspecified atom stereocenters. The highest BCUT2D eigenvalue weighted by Crippen LogP contribution is 2.41. The average molecular weight is 270 g/mol. The lowest BCUT2D eigenvalue weighted by Gasteiger charge is -2.02. The van der Waals surface area contributed by atoms with Gasteiger partial charge in [0.2, 0.25) is 4.96 Å². The van der Waals surface area contributed by atoms with Gasteiger partial charge in [0.15, 0.2) is 5.82 Å². The summed E-state index contributed by atoms with van der Waals surface area (Å²) >= 11 is 1.68. The molecule has 4 rings (SSSR count). The Morgan fingerprint density at radius 2 is 2.11 bits per heavy atom. The maximum absolute atomic E-state index is 4.67. The van der Waals surface area contributed by atoms with Crippen LogP contribution >= 0.6 is 11.3 Å². The van der Waals surface area contributed by atoms with Gasteiger partial charge in [-0.15, -0.1) is 10.2 Å². The van der Waals surface area contributed by atoms with Gasteiger partial charge in [0.1, 0.15) is 5.01 Å². The molecule has 1 aliphatic rings. The van der Waals surface area contributed by atoms with E-state index in [-0.39, 0.29) is 0 Å². The van der Waals surface area contributed by atoms with Crippen LogP contribution in [0.5, 0.6) is 0 Å². The summed E-state index contributed by atoms with van der Waals surface area (Å²) in [7, 11) is 0. The minimum atomic E-state index is 0.679. The summed E-state index contributed by atoms with van der Waals surface area (Å²) in [5.41, 5.74) is 2.58. The molecule has 1 aliphatic carbocycles. The Morgan fingerprint density at radius 3 is 2.89 bits per heavy atom. The molecule has 1 aromatic carbocycles. The van der Waals surface area contributed by atoms with E-state index in [9.17, 15) is 0 Å². The zero-order valence-corrected chi connectivity index (χ0v) is 11.5. The van der Waals surface area contributed by atoms with Crippen LogP contribution in [0.3, 0.4) is 0 Å². The fourth-order valence-corrected chi connectivity index (χ4v) is 3.28. The summed E-state index contributed by atoms with van der Waals surface area (Å²) < 4.78 is 1.92. The molecule has 0 radical (unpaired) electrons. The molecule has 0 N–H and O–H groups in total. The van der Waals surface area contributed by atoms with Gasteiger partial charge in [0, 0.05) is 12.3 Å². The second kappa shape index (κ2) is 4.13. The van der Waals surface area contributed by atoms with Crippen LogP contribution in [0.15, 0.2) is 24.3 Å². The van der Waals surface area contributed by atoms with Gasteiger partial charge in [-0.3, -0.25) is 0 Å². The standard InChI is InChI=1S/C14H14N4S/c1-9-4-2-3-5-11(9)8-12-15-16-14-18(12)17-13(19-14)10-6-7-10/h2-5,10H,6-8H2,1H3. The van der Waals surface area contributed by atoms with E-state index in [1.165, 1.54) is 29.0 Å². The van der Waals surface area contributed by atoms with Crippen molar-refractivity contribution in [2.75, 3.05) is 0 Å². The Kier molecular flexibility index (Phi) is 2.41. The normalized spacial score (nSPS) is 15.2. The second-order valence-electron chi connectivity index (χ2n) is 5.13. The van der Waals surface area contributed by atoms with E-state index in [0.29, 0.717) is 5.92 Å². The number of fused-ring (bicyclic) bond motifs is 1. The third kappa shape index (κ3) is 1.94. The highest BCUT2D eigenvalue weighted by molar-refractivity contribution is 7.16. The first-order valence-corrected chi connectivity index (χ1v) is 7.38. The van der Waals surface area contributed by atoms with E-state index >= 15 is 0 Å². The van der Waals surface area contributed by atoms with Crippen molar-refractivity contribution < 1.29 is 0 Å². The minimum absolute atomic E-state index is 0.679. The monoisotopic (exact) mass is 270 g/mol. The molecule has 19 heavy (non-hydrogen) atoms. The van der Waals surface area contributed by atoms with E-state index < -0.39 is 0 Å².